The summed E-state index contributed by atoms with van der Waals surface area (Å²) in [5.74, 6) is 0. The van der Waals surface area contributed by atoms with Crippen molar-refractivity contribution in [2.24, 2.45) is 0 Å². The van der Waals surface area contributed by atoms with Gasteiger partial charge in [0.15, 0.2) is 20.2 Å². The van der Waals surface area contributed by atoms with E-state index in [0.717, 1.165) is 8.97 Å². The van der Waals surface area contributed by atoms with Crippen LogP contribution in [-0.4, -0.2) is 101 Å². The molecule has 0 saturated carbocycles. The third kappa shape index (κ3) is 29.5. The van der Waals surface area contributed by atoms with Crippen molar-refractivity contribution in [3.8, 4) is 0 Å². The zero-order valence-electron chi connectivity index (χ0n) is 18.3. The first-order chi connectivity index (χ1) is 12.6. The summed E-state index contributed by atoms with van der Waals surface area (Å²) in [4.78, 5) is 0. The number of alkyl halides is 6. The molecule has 0 aliphatic rings. The molecule has 8 nitrogen and oxygen atoms in total. The van der Waals surface area contributed by atoms with E-state index in [9.17, 15) is 26.3 Å². The summed E-state index contributed by atoms with van der Waals surface area (Å²) in [5, 5.41) is 0. The van der Waals surface area contributed by atoms with Crippen molar-refractivity contribution in [2.45, 2.75) is 37.7 Å². The van der Waals surface area contributed by atoms with Crippen LogP contribution in [0, 0.1) is 0 Å². The van der Waals surface area contributed by atoms with Crippen molar-refractivity contribution < 1.29 is 61.2 Å². The van der Waals surface area contributed by atoms with E-state index in [1.165, 1.54) is 25.9 Å². The second kappa shape index (κ2) is 13.7. The molecule has 188 valence electrons. The molecular weight excluding hydrogens is 470 g/mol. The maximum atomic E-state index is 10.7. The van der Waals surface area contributed by atoms with Crippen molar-refractivity contribution in [1.82, 2.24) is 0 Å². The van der Waals surface area contributed by atoms with E-state index >= 15 is 0 Å². The number of hydrogen-bond donors (Lipinski definition) is 0. The molecule has 0 heterocycles. The lowest BCUT2D eigenvalue weighted by Crippen LogP contribution is -2.34. The average molecular weight is 503 g/mol. The van der Waals surface area contributed by atoms with Gasteiger partial charge in [-0.3, -0.25) is 0 Å². The number of halogens is 6. The van der Waals surface area contributed by atoms with Gasteiger partial charge in [0.25, 0.3) is 0 Å². The molecule has 0 rings (SSSR count). The summed E-state index contributed by atoms with van der Waals surface area (Å²) in [6, 6.07) is 0. The van der Waals surface area contributed by atoms with E-state index in [-0.39, 0.29) is 0 Å². The van der Waals surface area contributed by atoms with Crippen LogP contribution in [0.1, 0.15) is 26.7 Å². The molecule has 0 aromatic rings. The molecule has 0 aliphatic heterocycles. The third-order valence-corrected chi connectivity index (χ3v) is 3.49. The van der Waals surface area contributed by atoms with Crippen LogP contribution in [0.4, 0.5) is 26.3 Å². The zero-order chi connectivity index (χ0) is 25.8. The minimum Gasteiger partial charge on any atom is -0.741 e. The molecule has 0 amide bonds. The predicted octanol–water partition coefficient (Wildman–Crippen LogP) is 2.31. The van der Waals surface area contributed by atoms with Gasteiger partial charge >= 0.3 is 11.0 Å². The highest BCUT2D eigenvalue weighted by Gasteiger charge is 2.37. The summed E-state index contributed by atoms with van der Waals surface area (Å²) < 4.78 is 120. The Kier molecular flexibility index (Phi) is 16.7. The van der Waals surface area contributed by atoms with Crippen molar-refractivity contribution in [1.29, 1.82) is 0 Å². The summed E-state index contributed by atoms with van der Waals surface area (Å²) >= 11 is 0. The van der Waals surface area contributed by atoms with Crippen LogP contribution < -0.4 is 0 Å². The molecule has 0 bridgehead atoms. The average Bonchev–Trinajstić information content (AvgIpc) is 2.32. The highest BCUT2D eigenvalue weighted by molar-refractivity contribution is 7.86. The van der Waals surface area contributed by atoms with Gasteiger partial charge in [0, 0.05) is 0 Å². The van der Waals surface area contributed by atoms with Gasteiger partial charge in [-0.15, -0.1) is 0 Å². The van der Waals surface area contributed by atoms with E-state index in [0.29, 0.717) is 0 Å². The summed E-state index contributed by atoms with van der Waals surface area (Å²) in [5.41, 5.74) is -11.3. The fourth-order valence-electron chi connectivity index (χ4n) is 1.34. The Labute approximate surface area is 175 Å². The van der Waals surface area contributed by atoms with Crippen molar-refractivity contribution in [3.63, 3.8) is 0 Å². The van der Waals surface area contributed by atoms with Crippen molar-refractivity contribution in [2.75, 3.05) is 55.4 Å². The summed E-state index contributed by atoms with van der Waals surface area (Å²) in [6.07, 6.45) is 2.56. The number of nitrogens with zero attached hydrogens (tertiary/aromatic N) is 2. The minimum atomic E-state index is -6.09. The molecule has 0 fully saturated rings. The second-order valence-electron chi connectivity index (χ2n) is 7.83. The fraction of sp³-hybridized carbons (Fsp3) is 1.00. The summed E-state index contributed by atoms with van der Waals surface area (Å²) in [7, 11) is 1.09. The third-order valence-electron chi connectivity index (χ3n) is 2.36. The second-order valence-corrected chi connectivity index (χ2v) is 10.6. The monoisotopic (exact) mass is 502 g/mol. The molecule has 0 aliphatic carbocycles. The molecular formula is C14H32F6N2O6S2. The Morgan fingerprint density at radius 3 is 0.733 bits per heavy atom. The predicted molar refractivity (Wildman–Crippen MR) is 97.9 cm³/mol. The molecule has 0 saturated heterocycles. The highest BCUT2D eigenvalue weighted by Crippen LogP contribution is 2.21. The Bertz CT molecular complexity index is 590. The smallest absolute Gasteiger partial charge is 0.485 e. The van der Waals surface area contributed by atoms with E-state index in [1.54, 1.807) is 0 Å². The quantitative estimate of drug-likeness (QED) is 0.252. The van der Waals surface area contributed by atoms with Crippen molar-refractivity contribution >= 4 is 20.2 Å². The largest absolute Gasteiger partial charge is 0.741 e. The van der Waals surface area contributed by atoms with Gasteiger partial charge in [-0.05, 0) is 12.8 Å². The lowest BCUT2D eigenvalue weighted by Gasteiger charge is -2.22. The maximum absolute atomic E-state index is 10.7. The van der Waals surface area contributed by atoms with Gasteiger partial charge in [0.1, 0.15) is 0 Å². The van der Waals surface area contributed by atoms with Crippen LogP contribution >= 0.6 is 0 Å². The first kappa shape index (κ1) is 36.7. The number of quaternary nitrogens is 2. The lowest BCUT2D eigenvalue weighted by atomic mass is 10.4. The van der Waals surface area contributed by atoms with Gasteiger partial charge in [-0.2, -0.15) is 26.3 Å². The first-order valence-electron chi connectivity index (χ1n) is 8.27. The molecule has 0 radical (unpaired) electrons. The Morgan fingerprint density at radius 2 is 0.733 bits per heavy atom. The molecule has 0 N–H and O–H groups in total. The summed E-state index contributed by atoms with van der Waals surface area (Å²) in [6.45, 7) is 6.98. The molecule has 16 heteroatoms. The van der Waals surface area contributed by atoms with E-state index < -0.39 is 31.3 Å². The van der Waals surface area contributed by atoms with Crippen LogP contribution in [0.5, 0.6) is 0 Å². The molecule has 0 atom stereocenters. The van der Waals surface area contributed by atoms with Crippen LogP contribution in [0.25, 0.3) is 0 Å². The number of rotatable bonds is 4. The molecule has 0 spiro atoms. The normalized spacial score (nSPS) is 13.1. The number of hydrogen-bond acceptors (Lipinski definition) is 6. The molecule has 30 heavy (non-hydrogen) atoms. The molecule has 0 unspecified atom stereocenters. The topological polar surface area (TPSA) is 114 Å². The van der Waals surface area contributed by atoms with E-state index in [4.69, 9.17) is 25.9 Å². The fourth-order valence-corrected chi connectivity index (χ4v) is 1.34. The standard InChI is InChI=1S/2C6H16N.2CHF3O3S/c2*1-5-6-7(2,3)4;2*2-1(3,4)8(5,6)7/h2*5-6H2,1-4H3;2*(H,5,6,7)/q2*+1;;/p-2. The van der Waals surface area contributed by atoms with Crippen LogP contribution in [0.2, 0.25) is 0 Å². The van der Waals surface area contributed by atoms with Crippen molar-refractivity contribution in [3.05, 3.63) is 0 Å². The van der Waals surface area contributed by atoms with Gasteiger partial charge in [-0.1, -0.05) is 13.8 Å². The maximum Gasteiger partial charge on any atom is 0.485 e. The van der Waals surface area contributed by atoms with Crippen LogP contribution in [0.15, 0.2) is 0 Å². The molecule has 0 aromatic heterocycles. The highest BCUT2D eigenvalue weighted by atomic mass is 32.2. The Morgan fingerprint density at radius 1 is 0.600 bits per heavy atom. The first-order valence-corrected chi connectivity index (χ1v) is 11.1. The lowest BCUT2D eigenvalue weighted by molar-refractivity contribution is -0.870. The van der Waals surface area contributed by atoms with E-state index in [1.807, 2.05) is 0 Å². The van der Waals surface area contributed by atoms with Gasteiger partial charge in [0.2, 0.25) is 0 Å². The van der Waals surface area contributed by atoms with Gasteiger partial charge in [-0.25, -0.2) is 16.8 Å². The molecule has 0 aromatic carbocycles. The van der Waals surface area contributed by atoms with Crippen LogP contribution in [0.3, 0.4) is 0 Å². The van der Waals surface area contributed by atoms with Gasteiger partial charge in [0.05, 0.1) is 55.4 Å². The zero-order valence-corrected chi connectivity index (χ0v) is 19.9. The Hall–Kier alpha value is -0.680. The van der Waals surface area contributed by atoms with E-state index in [2.05, 4.69) is 56.1 Å². The van der Waals surface area contributed by atoms with Gasteiger partial charge < -0.3 is 18.1 Å². The minimum absolute atomic E-state index is 1.09. The van der Waals surface area contributed by atoms with Crippen LogP contribution in [-0.2, 0) is 20.2 Å². The SMILES string of the molecule is CCC[N+](C)(C)C.CCC[N+](C)(C)C.O=S(=O)([O-])C(F)(F)F.O=S(=O)([O-])C(F)(F)F. The Balaban J connectivity index is -0.000000151.